The number of nitrogens with two attached hydrogens (primary N) is 1. The molecule has 17 heavy (non-hydrogen) atoms. The third-order valence-corrected chi connectivity index (χ3v) is 2.55. The first-order chi connectivity index (χ1) is 7.95. The first kappa shape index (κ1) is 13.7. The number of aliphatic hydroxyl groups is 1. The molecule has 1 aromatic rings. The molecule has 0 aliphatic heterocycles. The van der Waals surface area contributed by atoms with E-state index in [2.05, 4.69) is 10.3 Å². The molecule has 0 aliphatic carbocycles. The lowest BCUT2D eigenvalue weighted by atomic mass is 10.2. The molecule has 6 heteroatoms. The second-order valence-electron chi connectivity index (χ2n) is 4.12. The maximum Gasteiger partial charge on any atom is 0.273 e. The number of aliphatic hydroxyl groups excluding tert-OH is 1. The van der Waals surface area contributed by atoms with Gasteiger partial charge in [-0.15, -0.1) is 0 Å². The van der Waals surface area contributed by atoms with E-state index in [0.717, 1.165) is 6.42 Å². The second-order valence-corrected chi connectivity index (χ2v) is 4.12. The summed E-state index contributed by atoms with van der Waals surface area (Å²) in [6.45, 7) is 5.41. The van der Waals surface area contributed by atoms with Crippen molar-refractivity contribution in [2.24, 2.45) is 5.73 Å². The van der Waals surface area contributed by atoms with Gasteiger partial charge in [-0.2, -0.15) is 0 Å². The highest BCUT2D eigenvalue weighted by Crippen LogP contribution is 2.13. The molecular formula is C11H19N3O3. The van der Waals surface area contributed by atoms with Gasteiger partial charge in [-0.3, -0.25) is 4.79 Å². The number of hydrogen-bond acceptors (Lipinski definition) is 5. The molecule has 0 bridgehead atoms. The first-order valence-electron chi connectivity index (χ1n) is 5.65. The molecule has 1 heterocycles. The predicted molar refractivity (Wildman–Crippen MR) is 62.3 cm³/mol. The highest BCUT2D eigenvalue weighted by molar-refractivity contribution is 5.92. The zero-order chi connectivity index (χ0) is 13.0. The molecule has 0 aliphatic rings. The first-order valence-corrected chi connectivity index (χ1v) is 5.65. The standard InChI is InChI=1S/C11H19N3O3/c1-4-6(2)13-10(16)8-5-17-11(14-8)9(12)7(3)15/h5-7,9,15H,4,12H2,1-3H3,(H,13,16). The highest BCUT2D eigenvalue weighted by Gasteiger charge is 2.20. The minimum atomic E-state index is -0.779. The van der Waals surface area contributed by atoms with E-state index in [4.69, 9.17) is 10.2 Å². The van der Waals surface area contributed by atoms with E-state index in [1.165, 1.54) is 13.2 Å². The Bertz CT molecular complexity index is 376. The number of aromatic nitrogens is 1. The molecule has 0 fully saturated rings. The highest BCUT2D eigenvalue weighted by atomic mass is 16.3. The van der Waals surface area contributed by atoms with Crippen molar-refractivity contribution in [1.29, 1.82) is 0 Å². The van der Waals surface area contributed by atoms with Gasteiger partial charge in [0.25, 0.3) is 5.91 Å². The van der Waals surface area contributed by atoms with Crippen LogP contribution in [-0.2, 0) is 0 Å². The van der Waals surface area contributed by atoms with Crippen LogP contribution >= 0.6 is 0 Å². The number of hydrogen-bond donors (Lipinski definition) is 3. The van der Waals surface area contributed by atoms with Gasteiger partial charge in [0.1, 0.15) is 12.3 Å². The third kappa shape index (κ3) is 3.54. The van der Waals surface area contributed by atoms with Gasteiger partial charge in [0.15, 0.2) is 5.69 Å². The maximum atomic E-state index is 11.7. The van der Waals surface area contributed by atoms with Gasteiger partial charge < -0.3 is 20.6 Å². The number of rotatable bonds is 5. The molecule has 3 atom stereocenters. The van der Waals surface area contributed by atoms with Crippen molar-refractivity contribution < 1.29 is 14.3 Å². The summed E-state index contributed by atoms with van der Waals surface area (Å²) in [5.74, 6) is -0.138. The molecule has 3 unspecified atom stereocenters. The van der Waals surface area contributed by atoms with Crippen molar-refractivity contribution in [3.8, 4) is 0 Å². The van der Waals surface area contributed by atoms with E-state index in [0.29, 0.717) is 0 Å². The quantitative estimate of drug-likeness (QED) is 0.700. The lowest BCUT2D eigenvalue weighted by molar-refractivity contribution is 0.0934. The summed E-state index contributed by atoms with van der Waals surface area (Å²) in [5.41, 5.74) is 5.82. The Morgan fingerprint density at radius 1 is 1.65 bits per heavy atom. The molecule has 0 saturated carbocycles. The molecule has 0 saturated heterocycles. The maximum absolute atomic E-state index is 11.7. The number of oxazole rings is 1. The van der Waals surface area contributed by atoms with Crippen LogP contribution in [0, 0.1) is 0 Å². The monoisotopic (exact) mass is 241 g/mol. The van der Waals surface area contributed by atoms with Gasteiger partial charge >= 0.3 is 0 Å². The number of carbonyl (C=O) groups is 1. The van der Waals surface area contributed by atoms with Crippen molar-refractivity contribution in [2.75, 3.05) is 0 Å². The minimum Gasteiger partial charge on any atom is -0.446 e. The lowest BCUT2D eigenvalue weighted by Crippen LogP contribution is -2.32. The molecule has 6 nitrogen and oxygen atoms in total. The van der Waals surface area contributed by atoms with Crippen molar-refractivity contribution in [3.05, 3.63) is 17.8 Å². The molecule has 0 spiro atoms. The summed E-state index contributed by atoms with van der Waals surface area (Å²) < 4.78 is 5.07. The summed E-state index contributed by atoms with van der Waals surface area (Å²) in [6.07, 6.45) is 1.30. The van der Waals surface area contributed by atoms with E-state index >= 15 is 0 Å². The molecule has 1 amide bonds. The molecule has 0 radical (unpaired) electrons. The Balaban J connectivity index is 2.71. The van der Waals surface area contributed by atoms with E-state index in [1.807, 2.05) is 13.8 Å². The Hall–Kier alpha value is -1.40. The molecule has 4 N–H and O–H groups in total. The van der Waals surface area contributed by atoms with Crippen molar-refractivity contribution >= 4 is 5.91 Å². The van der Waals surface area contributed by atoms with Crippen molar-refractivity contribution in [2.45, 2.75) is 45.4 Å². The molecule has 96 valence electrons. The fourth-order valence-electron chi connectivity index (χ4n) is 1.15. The number of nitrogens with zero attached hydrogens (tertiary/aromatic N) is 1. The number of nitrogens with one attached hydrogen (secondary N) is 1. The zero-order valence-electron chi connectivity index (χ0n) is 10.3. The fourth-order valence-corrected chi connectivity index (χ4v) is 1.15. The predicted octanol–water partition coefficient (Wildman–Crippen LogP) is 0.584. The van der Waals surface area contributed by atoms with Crippen molar-refractivity contribution in [3.63, 3.8) is 0 Å². The Morgan fingerprint density at radius 3 is 2.82 bits per heavy atom. The van der Waals surface area contributed by atoms with Crippen molar-refractivity contribution in [1.82, 2.24) is 10.3 Å². The van der Waals surface area contributed by atoms with E-state index in [1.54, 1.807) is 0 Å². The minimum absolute atomic E-state index is 0.0769. The SMILES string of the molecule is CCC(C)NC(=O)c1coc(C(N)C(C)O)n1. The van der Waals surface area contributed by atoms with Crippen LogP contribution in [0.4, 0.5) is 0 Å². The van der Waals surface area contributed by atoms with E-state index in [-0.39, 0.29) is 23.5 Å². The van der Waals surface area contributed by atoms with Crippen LogP contribution in [0.1, 0.15) is 49.6 Å². The zero-order valence-corrected chi connectivity index (χ0v) is 10.3. The Kier molecular flexibility index (Phi) is 4.65. The van der Waals surface area contributed by atoms with Crippen LogP contribution < -0.4 is 11.1 Å². The smallest absolute Gasteiger partial charge is 0.273 e. The average Bonchev–Trinajstić information content (AvgIpc) is 2.76. The van der Waals surface area contributed by atoms with Gasteiger partial charge in [-0.1, -0.05) is 6.92 Å². The van der Waals surface area contributed by atoms with Gasteiger partial charge in [-0.25, -0.2) is 4.98 Å². The summed E-state index contributed by atoms with van der Waals surface area (Å²) >= 11 is 0. The molecule has 1 rings (SSSR count). The Morgan fingerprint density at radius 2 is 2.29 bits per heavy atom. The Labute approximate surface area is 100 Å². The summed E-state index contributed by atoms with van der Waals surface area (Å²) in [5, 5.41) is 12.0. The second kappa shape index (κ2) is 5.79. The summed E-state index contributed by atoms with van der Waals surface area (Å²) in [4.78, 5) is 15.6. The van der Waals surface area contributed by atoms with Crippen LogP contribution in [0.2, 0.25) is 0 Å². The van der Waals surface area contributed by atoms with Crippen LogP contribution in [0.3, 0.4) is 0 Å². The fraction of sp³-hybridized carbons (Fsp3) is 0.636. The topological polar surface area (TPSA) is 101 Å². The largest absolute Gasteiger partial charge is 0.446 e. The van der Waals surface area contributed by atoms with Crippen LogP contribution in [0.25, 0.3) is 0 Å². The van der Waals surface area contributed by atoms with E-state index in [9.17, 15) is 9.90 Å². The molecular weight excluding hydrogens is 222 g/mol. The lowest BCUT2D eigenvalue weighted by Gasteiger charge is -2.10. The summed E-state index contributed by atoms with van der Waals surface area (Å²) in [6, 6.07) is -0.645. The molecule has 1 aromatic heterocycles. The van der Waals surface area contributed by atoms with Gasteiger partial charge in [0.2, 0.25) is 5.89 Å². The van der Waals surface area contributed by atoms with Gasteiger partial charge in [0.05, 0.1) is 6.10 Å². The number of carbonyl (C=O) groups excluding carboxylic acids is 1. The van der Waals surface area contributed by atoms with E-state index < -0.39 is 12.1 Å². The van der Waals surface area contributed by atoms with Crippen LogP contribution in [0.15, 0.2) is 10.7 Å². The van der Waals surface area contributed by atoms with Crippen LogP contribution in [0.5, 0.6) is 0 Å². The normalized spacial score (nSPS) is 16.3. The molecule has 0 aromatic carbocycles. The number of amides is 1. The van der Waals surface area contributed by atoms with Gasteiger partial charge in [0, 0.05) is 6.04 Å². The average molecular weight is 241 g/mol. The van der Waals surface area contributed by atoms with Gasteiger partial charge in [-0.05, 0) is 20.3 Å². The van der Waals surface area contributed by atoms with Crippen LogP contribution in [-0.4, -0.2) is 28.1 Å². The summed E-state index contributed by atoms with van der Waals surface area (Å²) in [7, 11) is 0. The third-order valence-electron chi connectivity index (χ3n) is 2.55.